The van der Waals surface area contributed by atoms with E-state index in [0.717, 1.165) is 0 Å². The van der Waals surface area contributed by atoms with Gasteiger partial charge in [0.1, 0.15) is 0 Å². The predicted molar refractivity (Wildman–Crippen MR) is 63.5 cm³/mol. The van der Waals surface area contributed by atoms with Gasteiger partial charge in [-0.2, -0.15) is 0 Å². The first kappa shape index (κ1) is 11.8. The molecule has 0 radical (unpaired) electrons. The zero-order chi connectivity index (χ0) is 10.2. The molecule has 1 unspecified atom stereocenters. The number of likely N-dealkylation sites (N-methyl/N-ethyl adjacent to an activating group) is 1. The van der Waals surface area contributed by atoms with Crippen LogP contribution in [0.2, 0.25) is 0 Å². The van der Waals surface area contributed by atoms with E-state index < -0.39 is 0 Å². The maximum atomic E-state index is 3.45. The minimum atomic E-state index is 0.675. The first-order valence-corrected chi connectivity index (χ1v) is 6.24. The van der Waals surface area contributed by atoms with Gasteiger partial charge in [0.25, 0.3) is 0 Å². The van der Waals surface area contributed by atoms with Gasteiger partial charge in [0.05, 0.1) is 0 Å². The Morgan fingerprint density at radius 3 is 2.79 bits per heavy atom. The molecule has 0 heterocycles. The highest BCUT2D eigenvalue weighted by Crippen LogP contribution is 2.23. The summed E-state index contributed by atoms with van der Waals surface area (Å²) in [6.07, 6.45) is 13.3. The summed E-state index contributed by atoms with van der Waals surface area (Å²) in [5, 5.41) is 3.45. The first-order chi connectivity index (χ1) is 6.88. The first-order valence-electron chi connectivity index (χ1n) is 6.24. The van der Waals surface area contributed by atoms with Crippen molar-refractivity contribution in [3.8, 4) is 0 Å². The van der Waals surface area contributed by atoms with E-state index in [-0.39, 0.29) is 0 Å². The van der Waals surface area contributed by atoms with E-state index in [4.69, 9.17) is 0 Å². The molecule has 0 aromatic heterocycles. The number of hydrogen-bond acceptors (Lipinski definition) is 1. The van der Waals surface area contributed by atoms with Crippen molar-refractivity contribution in [3.05, 3.63) is 11.6 Å². The molecular weight excluding hydrogens is 170 g/mol. The average molecular weight is 195 g/mol. The van der Waals surface area contributed by atoms with E-state index in [1.165, 1.54) is 51.4 Å². The molecule has 1 N–H and O–H groups in total. The molecule has 1 heteroatoms. The van der Waals surface area contributed by atoms with Crippen LogP contribution in [0.25, 0.3) is 0 Å². The molecule has 14 heavy (non-hydrogen) atoms. The normalized spacial score (nSPS) is 18.3. The fraction of sp³-hybridized carbons (Fsp3) is 0.846. The molecule has 1 aliphatic carbocycles. The van der Waals surface area contributed by atoms with Crippen LogP contribution in [0, 0.1) is 0 Å². The topological polar surface area (TPSA) is 12.0 Å². The zero-order valence-electron chi connectivity index (χ0n) is 9.81. The molecule has 1 rings (SSSR count). The number of allylic oxidation sites excluding steroid dienone is 1. The van der Waals surface area contributed by atoms with Gasteiger partial charge >= 0.3 is 0 Å². The van der Waals surface area contributed by atoms with Crippen LogP contribution >= 0.6 is 0 Å². The summed E-state index contributed by atoms with van der Waals surface area (Å²) in [4.78, 5) is 0. The summed E-state index contributed by atoms with van der Waals surface area (Å²) in [7, 11) is 2.10. The van der Waals surface area contributed by atoms with Crippen molar-refractivity contribution in [2.24, 2.45) is 0 Å². The number of hydrogen-bond donors (Lipinski definition) is 1. The van der Waals surface area contributed by atoms with Crippen LogP contribution in [0.5, 0.6) is 0 Å². The molecule has 1 atom stereocenters. The molecular formula is C13H25N. The molecule has 0 aromatic carbocycles. The van der Waals surface area contributed by atoms with Gasteiger partial charge in [-0.05, 0) is 32.7 Å². The SMILES string of the molecule is CCCCCCC(NC)C1=CCCC1. The molecule has 0 spiro atoms. The van der Waals surface area contributed by atoms with Crippen molar-refractivity contribution < 1.29 is 0 Å². The van der Waals surface area contributed by atoms with Crippen molar-refractivity contribution in [1.82, 2.24) is 5.32 Å². The second kappa shape index (κ2) is 7.05. The van der Waals surface area contributed by atoms with Gasteiger partial charge in [0, 0.05) is 6.04 Å². The summed E-state index contributed by atoms with van der Waals surface area (Å²) in [6.45, 7) is 2.27. The fourth-order valence-corrected chi connectivity index (χ4v) is 2.30. The van der Waals surface area contributed by atoms with Gasteiger partial charge in [-0.3, -0.25) is 0 Å². The number of rotatable bonds is 7. The Balaban J connectivity index is 2.18. The highest BCUT2D eigenvalue weighted by Gasteiger charge is 2.14. The molecule has 0 fully saturated rings. The Morgan fingerprint density at radius 2 is 2.21 bits per heavy atom. The lowest BCUT2D eigenvalue weighted by Crippen LogP contribution is -2.26. The van der Waals surface area contributed by atoms with Gasteiger partial charge in [0.2, 0.25) is 0 Å². The summed E-state index contributed by atoms with van der Waals surface area (Å²) < 4.78 is 0. The maximum Gasteiger partial charge on any atom is 0.0276 e. The Labute approximate surface area is 89.0 Å². The third-order valence-corrected chi connectivity index (χ3v) is 3.22. The van der Waals surface area contributed by atoms with Crippen LogP contribution in [-0.2, 0) is 0 Å². The van der Waals surface area contributed by atoms with Gasteiger partial charge < -0.3 is 5.32 Å². The van der Waals surface area contributed by atoms with Gasteiger partial charge in [0.15, 0.2) is 0 Å². The molecule has 0 aliphatic heterocycles. The second-order valence-electron chi connectivity index (χ2n) is 4.36. The van der Waals surface area contributed by atoms with E-state index >= 15 is 0 Å². The molecule has 0 aromatic rings. The van der Waals surface area contributed by atoms with Crippen molar-refractivity contribution in [2.45, 2.75) is 64.3 Å². The van der Waals surface area contributed by atoms with E-state index in [0.29, 0.717) is 6.04 Å². The molecule has 1 aliphatic rings. The van der Waals surface area contributed by atoms with Crippen molar-refractivity contribution in [3.63, 3.8) is 0 Å². The molecule has 0 saturated heterocycles. The molecule has 0 bridgehead atoms. The summed E-state index contributed by atoms with van der Waals surface area (Å²) >= 11 is 0. The molecule has 0 amide bonds. The van der Waals surface area contributed by atoms with E-state index in [1.807, 2.05) is 0 Å². The summed E-state index contributed by atoms with van der Waals surface area (Å²) in [6, 6.07) is 0.675. The van der Waals surface area contributed by atoms with Gasteiger partial charge in [-0.15, -0.1) is 0 Å². The summed E-state index contributed by atoms with van der Waals surface area (Å²) in [5.74, 6) is 0. The highest BCUT2D eigenvalue weighted by molar-refractivity contribution is 5.14. The molecule has 82 valence electrons. The summed E-state index contributed by atoms with van der Waals surface area (Å²) in [5.41, 5.74) is 1.67. The smallest absolute Gasteiger partial charge is 0.0276 e. The lowest BCUT2D eigenvalue weighted by Gasteiger charge is -2.17. The standard InChI is InChI=1S/C13H25N/c1-3-4-5-6-11-13(14-2)12-9-7-8-10-12/h9,13-14H,3-8,10-11H2,1-2H3. The largest absolute Gasteiger partial charge is 0.313 e. The zero-order valence-corrected chi connectivity index (χ0v) is 9.81. The van der Waals surface area contributed by atoms with Crippen molar-refractivity contribution >= 4 is 0 Å². The van der Waals surface area contributed by atoms with E-state index in [1.54, 1.807) is 5.57 Å². The Kier molecular flexibility index (Phi) is 5.93. The predicted octanol–water partition coefficient (Wildman–Crippen LogP) is 3.66. The maximum absolute atomic E-state index is 3.45. The monoisotopic (exact) mass is 195 g/mol. The van der Waals surface area contributed by atoms with Crippen LogP contribution in [0.1, 0.15) is 58.3 Å². The molecule has 0 saturated carbocycles. The minimum absolute atomic E-state index is 0.675. The Hall–Kier alpha value is -0.300. The van der Waals surface area contributed by atoms with Crippen LogP contribution in [0.4, 0.5) is 0 Å². The lowest BCUT2D eigenvalue weighted by atomic mass is 10.00. The number of nitrogens with one attached hydrogen (secondary N) is 1. The highest BCUT2D eigenvalue weighted by atomic mass is 14.9. The van der Waals surface area contributed by atoms with Crippen molar-refractivity contribution in [2.75, 3.05) is 7.05 Å². The van der Waals surface area contributed by atoms with Crippen LogP contribution in [0.3, 0.4) is 0 Å². The van der Waals surface area contributed by atoms with Gasteiger partial charge in [-0.25, -0.2) is 0 Å². The average Bonchev–Trinajstić information content (AvgIpc) is 2.71. The second-order valence-corrected chi connectivity index (χ2v) is 4.36. The third kappa shape index (κ3) is 3.83. The minimum Gasteiger partial charge on any atom is -0.313 e. The number of unbranched alkanes of at least 4 members (excludes halogenated alkanes) is 3. The Morgan fingerprint density at radius 1 is 1.36 bits per heavy atom. The lowest BCUT2D eigenvalue weighted by molar-refractivity contribution is 0.526. The van der Waals surface area contributed by atoms with E-state index in [2.05, 4.69) is 25.4 Å². The van der Waals surface area contributed by atoms with Crippen LogP contribution in [-0.4, -0.2) is 13.1 Å². The van der Waals surface area contributed by atoms with Crippen LogP contribution < -0.4 is 5.32 Å². The Bertz CT molecular complexity index is 172. The van der Waals surface area contributed by atoms with Gasteiger partial charge in [-0.1, -0.05) is 44.3 Å². The quantitative estimate of drug-likeness (QED) is 0.483. The third-order valence-electron chi connectivity index (χ3n) is 3.22. The van der Waals surface area contributed by atoms with Crippen molar-refractivity contribution in [1.29, 1.82) is 0 Å². The van der Waals surface area contributed by atoms with Crippen LogP contribution in [0.15, 0.2) is 11.6 Å². The van der Waals surface area contributed by atoms with E-state index in [9.17, 15) is 0 Å². The molecule has 1 nitrogen and oxygen atoms in total. The fourth-order valence-electron chi connectivity index (χ4n) is 2.30.